The highest BCUT2D eigenvalue weighted by molar-refractivity contribution is 5.90. The van der Waals surface area contributed by atoms with Gasteiger partial charge in [-0.2, -0.15) is 0 Å². The Kier molecular flexibility index (Phi) is 8.46. The van der Waals surface area contributed by atoms with Gasteiger partial charge in [0.25, 0.3) is 0 Å². The minimum atomic E-state index is -0.217. The van der Waals surface area contributed by atoms with Gasteiger partial charge in [-0.05, 0) is 57.1 Å². The molecule has 0 saturated heterocycles. The Morgan fingerprint density at radius 1 is 0.500 bits per heavy atom. The monoisotopic (exact) mass is 540 g/mol. The first-order valence-electron chi connectivity index (χ1n) is 14.1. The van der Waals surface area contributed by atoms with Gasteiger partial charge in [-0.25, -0.2) is 0 Å². The number of benzene rings is 3. The second-order valence-corrected chi connectivity index (χ2v) is 14.9. The molecule has 0 spiro atoms. The number of hydrogen-bond donors (Lipinski definition) is 2. The molecule has 0 heterocycles. The first-order valence-corrected chi connectivity index (χ1v) is 14.1. The summed E-state index contributed by atoms with van der Waals surface area (Å²) in [7, 11) is 0. The third-order valence-corrected chi connectivity index (χ3v) is 7.19. The number of para-hydroxylation sites is 2. The number of phenols is 2. The van der Waals surface area contributed by atoms with E-state index in [0.717, 1.165) is 22.3 Å². The van der Waals surface area contributed by atoms with Crippen molar-refractivity contribution in [3.05, 3.63) is 81.9 Å². The normalized spacial score (nSPS) is 13.5. The molecule has 4 nitrogen and oxygen atoms in total. The molecule has 0 fully saturated rings. The molecule has 0 aliphatic rings. The van der Waals surface area contributed by atoms with Crippen LogP contribution in [0.3, 0.4) is 0 Å². The molecule has 0 aliphatic carbocycles. The average Bonchev–Trinajstić information content (AvgIpc) is 2.80. The second-order valence-electron chi connectivity index (χ2n) is 14.9. The molecule has 3 aromatic rings. The van der Waals surface area contributed by atoms with Crippen LogP contribution < -0.4 is 0 Å². The van der Waals surface area contributed by atoms with E-state index in [1.54, 1.807) is 12.4 Å². The maximum absolute atomic E-state index is 11.2. The van der Waals surface area contributed by atoms with Crippen LogP contribution >= 0.6 is 0 Å². The van der Waals surface area contributed by atoms with E-state index in [0.29, 0.717) is 22.5 Å². The molecule has 0 saturated carbocycles. The van der Waals surface area contributed by atoms with Crippen molar-refractivity contribution in [2.24, 2.45) is 9.98 Å². The van der Waals surface area contributed by atoms with Crippen molar-refractivity contribution in [3.63, 3.8) is 0 Å². The molecular formula is C36H48N2O2. The van der Waals surface area contributed by atoms with Gasteiger partial charge in [-0.15, -0.1) is 0 Å². The summed E-state index contributed by atoms with van der Waals surface area (Å²) in [5.74, 6) is 0.507. The van der Waals surface area contributed by atoms with Crippen LogP contribution in [-0.4, -0.2) is 22.6 Å². The lowest BCUT2D eigenvalue weighted by Gasteiger charge is -2.27. The number of aliphatic imine (C=N–C) groups is 2. The lowest BCUT2D eigenvalue weighted by molar-refractivity contribution is 0.443. The molecule has 0 radical (unpaired) electrons. The van der Waals surface area contributed by atoms with E-state index >= 15 is 0 Å². The first-order chi connectivity index (χ1) is 18.2. The minimum absolute atomic E-state index is 0.0754. The third kappa shape index (κ3) is 7.21. The van der Waals surface area contributed by atoms with E-state index in [1.807, 2.05) is 36.4 Å². The summed E-state index contributed by atoms with van der Waals surface area (Å²) in [6.45, 7) is 25.7. The van der Waals surface area contributed by atoms with E-state index in [2.05, 4.69) is 95.2 Å². The molecule has 0 amide bonds. The Bertz CT molecular complexity index is 1320. The Morgan fingerprint density at radius 3 is 1.10 bits per heavy atom. The van der Waals surface area contributed by atoms with E-state index < -0.39 is 0 Å². The van der Waals surface area contributed by atoms with Crippen molar-refractivity contribution in [1.29, 1.82) is 0 Å². The van der Waals surface area contributed by atoms with Crippen molar-refractivity contribution in [2.45, 2.75) is 105 Å². The van der Waals surface area contributed by atoms with Crippen molar-refractivity contribution < 1.29 is 10.2 Å². The number of rotatable bonds is 4. The molecule has 3 aromatic carbocycles. The van der Waals surface area contributed by atoms with Crippen molar-refractivity contribution in [1.82, 2.24) is 0 Å². The van der Waals surface area contributed by atoms with Crippen LogP contribution in [0.25, 0.3) is 0 Å². The van der Waals surface area contributed by atoms with Crippen molar-refractivity contribution >= 4 is 23.8 Å². The van der Waals surface area contributed by atoms with Crippen LogP contribution in [0, 0.1) is 0 Å². The van der Waals surface area contributed by atoms with Gasteiger partial charge in [-0.1, -0.05) is 107 Å². The summed E-state index contributed by atoms with van der Waals surface area (Å²) in [4.78, 5) is 9.54. The van der Waals surface area contributed by atoms with E-state index in [-0.39, 0.29) is 33.2 Å². The van der Waals surface area contributed by atoms with Crippen LogP contribution in [0.15, 0.2) is 58.5 Å². The highest BCUT2D eigenvalue weighted by Crippen LogP contribution is 2.39. The van der Waals surface area contributed by atoms with E-state index in [9.17, 15) is 10.2 Å². The smallest absolute Gasteiger partial charge is 0.128 e. The number of phenolic OH excluding ortho intramolecular Hbond substituents is 2. The third-order valence-electron chi connectivity index (χ3n) is 7.19. The molecule has 0 unspecified atom stereocenters. The Morgan fingerprint density at radius 2 is 0.825 bits per heavy atom. The predicted molar refractivity (Wildman–Crippen MR) is 172 cm³/mol. The highest BCUT2D eigenvalue weighted by atomic mass is 16.3. The van der Waals surface area contributed by atoms with Crippen LogP contribution in [0.2, 0.25) is 0 Å². The molecule has 0 bridgehead atoms. The fourth-order valence-corrected chi connectivity index (χ4v) is 4.48. The fourth-order valence-electron chi connectivity index (χ4n) is 4.48. The van der Waals surface area contributed by atoms with Crippen LogP contribution in [0.1, 0.15) is 116 Å². The summed E-state index contributed by atoms with van der Waals surface area (Å²) in [6.07, 6.45) is 3.45. The molecule has 0 aromatic heterocycles. The molecule has 4 heteroatoms. The van der Waals surface area contributed by atoms with Gasteiger partial charge in [0.05, 0.1) is 11.4 Å². The lowest BCUT2D eigenvalue weighted by Crippen LogP contribution is -2.17. The lowest BCUT2D eigenvalue weighted by atomic mass is 9.79. The summed E-state index contributed by atoms with van der Waals surface area (Å²) in [6, 6.07) is 15.9. The van der Waals surface area contributed by atoms with Gasteiger partial charge in [0.1, 0.15) is 11.5 Å². The summed E-state index contributed by atoms with van der Waals surface area (Å²) in [5.41, 5.74) is 6.23. The van der Waals surface area contributed by atoms with Crippen LogP contribution in [-0.2, 0) is 21.7 Å². The predicted octanol–water partition coefficient (Wildman–Crippen LogP) is 9.79. The maximum atomic E-state index is 11.2. The Labute approximate surface area is 241 Å². The molecule has 2 N–H and O–H groups in total. The van der Waals surface area contributed by atoms with Gasteiger partial charge in [0, 0.05) is 34.7 Å². The van der Waals surface area contributed by atoms with Crippen molar-refractivity contribution in [2.75, 3.05) is 0 Å². The Balaban J connectivity index is 2.10. The average molecular weight is 541 g/mol. The zero-order valence-corrected chi connectivity index (χ0v) is 26.6. The number of hydrogen-bond acceptors (Lipinski definition) is 4. The van der Waals surface area contributed by atoms with Gasteiger partial charge in [0.2, 0.25) is 0 Å². The Hall–Kier alpha value is -3.40. The minimum Gasteiger partial charge on any atom is -0.507 e. The van der Waals surface area contributed by atoms with E-state index in [4.69, 9.17) is 9.98 Å². The standard InChI is InChI=1S/C36H48N2O2/c1-33(2,3)25-17-23(31(39)27(19-25)35(7,8)9)21-37-29-15-13-14-16-30(29)38-22-24-18-26(34(4,5)6)20-28(32(24)40)36(10,11)12/h13-22,39-40H,1-12H3/b37-21+,38-22+. The van der Waals surface area contributed by atoms with Crippen LogP contribution in [0.4, 0.5) is 11.4 Å². The summed E-state index contributed by atoms with van der Waals surface area (Å²) < 4.78 is 0. The number of aromatic hydroxyl groups is 2. The van der Waals surface area contributed by atoms with Gasteiger partial charge in [0.15, 0.2) is 0 Å². The van der Waals surface area contributed by atoms with Crippen molar-refractivity contribution in [3.8, 4) is 11.5 Å². The largest absolute Gasteiger partial charge is 0.507 e. The van der Waals surface area contributed by atoms with E-state index in [1.165, 1.54) is 0 Å². The fraction of sp³-hybridized carbons (Fsp3) is 0.444. The molecule has 40 heavy (non-hydrogen) atoms. The molecular weight excluding hydrogens is 492 g/mol. The zero-order chi connectivity index (χ0) is 30.3. The second kappa shape index (κ2) is 10.9. The first kappa shape index (κ1) is 31.1. The van der Waals surface area contributed by atoms with Gasteiger partial charge >= 0.3 is 0 Å². The summed E-state index contributed by atoms with van der Waals surface area (Å²) in [5, 5.41) is 22.4. The SMILES string of the molecule is CC(C)(C)c1cc(/C=N/c2ccccc2/N=C/c2cc(C(C)(C)C)cc(C(C)(C)C)c2O)c(O)c(C(C)(C)C)c1. The molecule has 0 atom stereocenters. The maximum Gasteiger partial charge on any atom is 0.128 e. The van der Waals surface area contributed by atoms with Crippen LogP contribution in [0.5, 0.6) is 11.5 Å². The number of nitrogens with zero attached hydrogens (tertiary/aromatic N) is 2. The summed E-state index contributed by atoms with van der Waals surface area (Å²) >= 11 is 0. The molecule has 214 valence electrons. The highest BCUT2D eigenvalue weighted by Gasteiger charge is 2.26. The van der Waals surface area contributed by atoms with Gasteiger partial charge < -0.3 is 10.2 Å². The van der Waals surface area contributed by atoms with Gasteiger partial charge in [-0.3, -0.25) is 9.98 Å². The molecule has 0 aliphatic heterocycles. The molecule has 3 rings (SSSR count). The zero-order valence-electron chi connectivity index (χ0n) is 26.6. The topological polar surface area (TPSA) is 65.2 Å². The quantitative estimate of drug-likeness (QED) is 0.323.